The Labute approximate surface area is 148 Å². The summed E-state index contributed by atoms with van der Waals surface area (Å²) in [6.45, 7) is 3.12. The van der Waals surface area contributed by atoms with Crippen LogP contribution in [0.5, 0.6) is 0 Å². The van der Waals surface area contributed by atoms with Gasteiger partial charge < -0.3 is 10.2 Å². The van der Waals surface area contributed by atoms with Crippen LogP contribution in [0.2, 0.25) is 0 Å². The van der Waals surface area contributed by atoms with Crippen LogP contribution < -0.4 is 5.32 Å². The first-order valence-electron chi connectivity index (χ1n) is 8.88. The summed E-state index contributed by atoms with van der Waals surface area (Å²) in [7, 11) is 0. The molecule has 2 amide bonds. The van der Waals surface area contributed by atoms with Crippen LogP contribution in [-0.4, -0.2) is 41.6 Å². The average Bonchev–Trinajstić information content (AvgIpc) is 2.60. The lowest BCUT2D eigenvalue weighted by atomic mass is 9.91. The van der Waals surface area contributed by atoms with Crippen LogP contribution >= 0.6 is 11.8 Å². The predicted molar refractivity (Wildman–Crippen MR) is 98.0 cm³/mol. The van der Waals surface area contributed by atoms with Crippen LogP contribution in [-0.2, 0) is 16.0 Å². The van der Waals surface area contributed by atoms with Crippen molar-refractivity contribution in [1.82, 2.24) is 10.2 Å². The van der Waals surface area contributed by atoms with E-state index in [4.69, 9.17) is 0 Å². The number of likely N-dealkylation sites (tertiary alicyclic amines) is 1. The third-order valence-electron chi connectivity index (χ3n) is 5.04. The molecule has 1 aliphatic carbocycles. The molecule has 24 heavy (non-hydrogen) atoms. The van der Waals surface area contributed by atoms with Crippen molar-refractivity contribution in [3.05, 3.63) is 35.4 Å². The van der Waals surface area contributed by atoms with Gasteiger partial charge >= 0.3 is 0 Å². The molecule has 1 N–H and O–H groups in total. The maximum Gasteiger partial charge on any atom is 0.230 e. The number of amides is 2. The summed E-state index contributed by atoms with van der Waals surface area (Å²) in [5, 5.41) is 3.59. The maximum absolute atomic E-state index is 12.3. The lowest BCUT2D eigenvalue weighted by Gasteiger charge is -2.32. The number of nitrogens with one attached hydrogen (secondary N) is 1. The van der Waals surface area contributed by atoms with Gasteiger partial charge in [0.05, 0.1) is 5.75 Å². The molecule has 1 heterocycles. The zero-order valence-electron chi connectivity index (χ0n) is 14.3. The van der Waals surface area contributed by atoms with Gasteiger partial charge in [-0.2, -0.15) is 0 Å². The van der Waals surface area contributed by atoms with Crippen molar-refractivity contribution in [1.29, 1.82) is 0 Å². The second kappa shape index (κ2) is 8.06. The Morgan fingerprint density at radius 3 is 2.71 bits per heavy atom. The molecule has 1 fully saturated rings. The van der Waals surface area contributed by atoms with E-state index in [1.165, 1.54) is 17.5 Å². The van der Waals surface area contributed by atoms with E-state index < -0.39 is 0 Å². The number of aryl methyl sites for hydroxylation is 1. The van der Waals surface area contributed by atoms with Gasteiger partial charge in [-0.1, -0.05) is 24.3 Å². The summed E-state index contributed by atoms with van der Waals surface area (Å²) in [5.74, 6) is 0.780. The van der Waals surface area contributed by atoms with Crippen LogP contribution in [0.15, 0.2) is 24.3 Å². The number of hydrogen-bond acceptors (Lipinski definition) is 3. The van der Waals surface area contributed by atoms with Gasteiger partial charge in [0, 0.05) is 31.3 Å². The van der Waals surface area contributed by atoms with E-state index >= 15 is 0 Å². The molecule has 1 aromatic carbocycles. The summed E-state index contributed by atoms with van der Waals surface area (Å²) < 4.78 is 0. The number of rotatable bonds is 4. The molecule has 0 radical (unpaired) electrons. The minimum atomic E-state index is 0.129. The molecule has 1 atom stereocenters. The van der Waals surface area contributed by atoms with Crippen LogP contribution in [0.25, 0.3) is 0 Å². The van der Waals surface area contributed by atoms with Crippen molar-refractivity contribution < 1.29 is 9.59 Å². The number of carbonyl (C=O) groups is 2. The lowest BCUT2D eigenvalue weighted by Crippen LogP contribution is -2.46. The number of thioether (sulfide) groups is 1. The van der Waals surface area contributed by atoms with E-state index in [-0.39, 0.29) is 17.9 Å². The quantitative estimate of drug-likeness (QED) is 0.912. The molecule has 2 aliphatic rings. The zero-order valence-corrected chi connectivity index (χ0v) is 15.1. The standard InChI is InChI=1S/C19H26N2O2S/c1-14(22)21-11-9-16(10-12-21)20-19(23)13-24-18-8-4-6-15-5-2-3-7-17(15)18/h2-3,5,7,16,18H,4,6,8-13H2,1H3,(H,20,23)/t18-/m1/s1. The molecular weight excluding hydrogens is 320 g/mol. The fourth-order valence-electron chi connectivity index (χ4n) is 3.67. The van der Waals surface area contributed by atoms with Crippen LogP contribution in [0.3, 0.4) is 0 Å². The first-order valence-corrected chi connectivity index (χ1v) is 9.92. The van der Waals surface area contributed by atoms with Gasteiger partial charge in [0.1, 0.15) is 0 Å². The van der Waals surface area contributed by atoms with E-state index in [1.54, 1.807) is 18.7 Å². The van der Waals surface area contributed by atoms with Crippen LogP contribution in [0, 0.1) is 0 Å². The second-order valence-corrected chi connectivity index (χ2v) is 7.93. The molecule has 130 valence electrons. The number of carbonyl (C=O) groups excluding carboxylic acids is 2. The van der Waals surface area contributed by atoms with Gasteiger partial charge in [-0.05, 0) is 43.2 Å². The fourth-order valence-corrected chi connectivity index (χ4v) is 4.85. The third kappa shape index (κ3) is 4.32. The zero-order chi connectivity index (χ0) is 16.9. The number of fused-ring (bicyclic) bond motifs is 1. The van der Waals surface area contributed by atoms with Gasteiger partial charge in [-0.15, -0.1) is 11.8 Å². The van der Waals surface area contributed by atoms with Crippen molar-refractivity contribution in [3.63, 3.8) is 0 Å². The molecule has 0 spiro atoms. The molecule has 5 heteroatoms. The molecule has 3 rings (SSSR count). The van der Waals surface area contributed by atoms with E-state index in [0.29, 0.717) is 11.0 Å². The largest absolute Gasteiger partial charge is 0.353 e. The highest BCUT2D eigenvalue weighted by Gasteiger charge is 2.24. The molecule has 1 aromatic rings. The Hall–Kier alpha value is -1.49. The predicted octanol–water partition coefficient (Wildman–Crippen LogP) is 2.92. The van der Waals surface area contributed by atoms with Gasteiger partial charge in [-0.25, -0.2) is 0 Å². The Kier molecular flexibility index (Phi) is 5.82. The number of hydrogen-bond donors (Lipinski definition) is 1. The maximum atomic E-state index is 12.3. The summed E-state index contributed by atoms with van der Waals surface area (Å²) in [4.78, 5) is 25.5. The minimum absolute atomic E-state index is 0.129. The Morgan fingerprint density at radius 1 is 1.21 bits per heavy atom. The summed E-state index contributed by atoms with van der Waals surface area (Å²) >= 11 is 1.77. The normalized spacial score (nSPS) is 21.2. The first kappa shape index (κ1) is 17.3. The minimum Gasteiger partial charge on any atom is -0.353 e. The molecule has 0 unspecified atom stereocenters. The number of benzene rings is 1. The Balaban J connectivity index is 1.45. The van der Waals surface area contributed by atoms with Crippen molar-refractivity contribution in [3.8, 4) is 0 Å². The summed E-state index contributed by atoms with van der Waals surface area (Å²) in [6.07, 6.45) is 5.25. The SMILES string of the molecule is CC(=O)N1CCC(NC(=O)CS[C@@H]2CCCc3ccccc32)CC1. The van der Waals surface area contributed by atoms with Crippen LogP contribution in [0.1, 0.15) is 49.0 Å². The van der Waals surface area contributed by atoms with E-state index in [1.807, 2.05) is 4.90 Å². The highest BCUT2D eigenvalue weighted by Crippen LogP contribution is 2.39. The van der Waals surface area contributed by atoms with Gasteiger partial charge in [0.25, 0.3) is 0 Å². The lowest BCUT2D eigenvalue weighted by molar-refractivity contribution is -0.130. The van der Waals surface area contributed by atoms with Crippen molar-refractivity contribution in [2.75, 3.05) is 18.8 Å². The van der Waals surface area contributed by atoms with E-state index in [0.717, 1.165) is 38.8 Å². The third-order valence-corrected chi connectivity index (χ3v) is 6.36. The Morgan fingerprint density at radius 2 is 1.96 bits per heavy atom. The smallest absolute Gasteiger partial charge is 0.230 e. The number of nitrogens with zero attached hydrogens (tertiary/aromatic N) is 1. The molecule has 0 aromatic heterocycles. The molecular formula is C19H26N2O2S. The fraction of sp³-hybridized carbons (Fsp3) is 0.579. The first-order chi connectivity index (χ1) is 11.6. The van der Waals surface area contributed by atoms with Crippen molar-refractivity contribution >= 4 is 23.6 Å². The van der Waals surface area contributed by atoms with Crippen molar-refractivity contribution in [2.45, 2.75) is 50.3 Å². The summed E-state index contributed by atoms with van der Waals surface area (Å²) in [6, 6.07) is 8.84. The van der Waals surface area contributed by atoms with Crippen molar-refractivity contribution in [2.24, 2.45) is 0 Å². The highest BCUT2D eigenvalue weighted by molar-refractivity contribution is 8.00. The van der Waals surface area contributed by atoms with E-state index in [2.05, 4.69) is 29.6 Å². The summed E-state index contributed by atoms with van der Waals surface area (Å²) in [5.41, 5.74) is 2.86. The second-order valence-electron chi connectivity index (χ2n) is 6.74. The molecule has 1 saturated heterocycles. The van der Waals surface area contributed by atoms with Gasteiger partial charge in [0.15, 0.2) is 0 Å². The van der Waals surface area contributed by atoms with E-state index in [9.17, 15) is 9.59 Å². The van der Waals surface area contributed by atoms with Gasteiger partial charge in [0.2, 0.25) is 11.8 Å². The molecule has 1 aliphatic heterocycles. The monoisotopic (exact) mass is 346 g/mol. The van der Waals surface area contributed by atoms with Gasteiger partial charge in [-0.3, -0.25) is 9.59 Å². The molecule has 0 bridgehead atoms. The Bertz CT molecular complexity index is 597. The molecule has 0 saturated carbocycles. The number of piperidine rings is 1. The highest BCUT2D eigenvalue weighted by atomic mass is 32.2. The average molecular weight is 346 g/mol. The molecule has 4 nitrogen and oxygen atoms in total. The van der Waals surface area contributed by atoms with Crippen LogP contribution in [0.4, 0.5) is 0 Å². The topological polar surface area (TPSA) is 49.4 Å².